The van der Waals surface area contributed by atoms with Crippen molar-refractivity contribution in [2.45, 2.75) is 16.6 Å². The second-order valence-electron chi connectivity index (χ2n) is 5.29. The number of carbonyl (C=O) groups excluding carboxylic acids is 1. The van der Waals surface area contributed by atoms with E-state index < -0.39 is 0 Å². The van der Waals surface area contributed by atoms with Crippen molar-refractivity contribution in [2.24, 2.45) is 0 Å². The quantitative estimate of drug-likeness (QED) is 0.781. The Morgan fingerprint density at radius 2 is 1.95 bits per heavy atom. The number of hydrogen-bond acceptors (Lipinski definition) is 3. The number of nitrogens with zero attached hydrogens (tertiary/aromatic N) is 1. The van der Waals surface area contributed by atoms with Gasteiger partial charge in [0.1, 0.15) is 0 Å². The molecule has 1 aliphatic rings. The highest BCUT2D eigenvalue weighted by atomic mass is 32.2. The first-order valence-corrected chi connectivity index (χ1v) is 8.08. The van der Waals surface area contributed by atoms with Crippen LogP contribution in [0.2, 0.25) is 0 Å². The van der Waals surface area contributed by atoms with Gasteiger partial charge in [-0.1, -0.05) is 36.4 Å². The number of nitrogens with one attached hydrogen (secondary N) is 1. The zero-order chi connectivity index (χ0) is 14.9. The minimum atomic E-state index is -0.0728. The number of para-hydroxylation sites is 1. The van der Waals surface area contributed by atoms with Gasteiger partial charge in [-0.3, -0.25) is 9.78 Å². The normalized spacial score (nSPS) is 16.5. The lowest BCUT2D eigenvalue weighted by Gasteiger charge is -2.11. The van der Waals surface area contributed by atoms with E-state index in [0.717, 1.165) is 23.0 Å². The van der Waals surface area contributed by atoms with E-state index in [2.05, 4.69) is 22.4 Å². The standard InChI is InChI=1S/C18H14N2OS/c21-18(16-11-13-5-1-2-9-15(13)22-16)20-14-8-3-6-12-7-4-10-19-17(12)14/h1-10,16H,11H2,(H,20,21). The van der Waals surface area contributed by atoms with Crippen molar-refractivity contribution in [1.82, 2.24) is 4.98 Å². The second kappa shape index (κ2) is 5.46. The van der Waals surface area contributed by atoms with E-state index in [1.54, 1.807) is 18.0 Å². The van der Waals surface area contributed by atoms with Gasteiger partial charge >= 0.3 is 0 Å². The molecule has 1 aliphatic heterocycles. The molecule has 2 heterocycles. The van der Waals surface area contributed by atoms with Crippen LogP contribution in [0.3, 0.4) is 0 Å². The third-order valence-corrected chi connectivity index (χ3v) is 5.15. The van der Waals surface area contributed by atoms with Crippen molar-refractivity contribution in [1.29, 1.82) is 0 Å². The first-order valence-electron chi connectivity index (χ1n) is 7.20. The number of pyridine rings is 1. The third-order valence-electron chi connectivity index (χ3n) is 3.83. The van der Waals surface area contributed by atoms with Gasteiger partial charge in [0.05, 0.1) is 16.5 Å². The van der Waals surface area contributed by atoms with Crippen molar-refractivity contribution in [3.63, 3.8) is 0 Å². The summed E-state index contributed by atoms with van der Waals surface area (Å²) in [6, 6.07) is 17.9. The molecule has 1 atom stereocenters. The largest absolute Gasteiger partial charge is 0.323 e. The SMILES string of the molecule is O=C(Nc1cccc2cccnc12)C1Cc2ccccc2S1. The van der Waals surface area contributed by atoms with E-state index in [1.165, 1.54) is 10.5 Å². The number of anilines is 1. The van der Waals surface area contributed by atoms with E-state index in [9.17, 15) is 4.79 Å². The van der Waals surface area contributed by atoms with Crippen LogP contribution >= 0.6 is 11.8 Å². The Balaban J connectivity index is 1.58. The predicted molar refractivity (Wildman–Crippen MR) is 90.2 cm³/mol. The predicted octanol–water partition coefficient (Wildman–Crippen LogP) is 3.89. The molecule has 0 spiro atoms. The summed E-state index contributed by atoms with van der Waals surface area (Å²) in [4.78, 5) is 18.2. The van der Waals surface area contributed by atoms with Crippen LogP contribution in [0.15, 0.2) is 65.7 Å². The molecule has 1 aromatic heterocycles. The second-order valence-corrected chi connectivity index (χ2v) is 6.53. The number of amides is 1. The van der Waals surface area contributed by atoms with Gasteiger partial charge in [-0.15, -0.1) is 11.8 Å². The van der Waals surface area contributed by atoms with Gasteiger partial charge in [0.15, 0.2) is 0 Å². The topological polar surface area (TPSA) is 42.0 Å². The van der Waals surface area contributed by atoms with E-state index >= 15 is 0 Å². The van der Waals surface area contributed by atoms with Crippen LogP contribution in [0.4, 0.5) is 5.69 Å². The molecule has 1 unspecified atom stereocenters. The molecule has 3 nitrogen and oxygen atoms in total. The van der Waals surface area contributed by atoms with Gasteiger partial charge in [0, 0.05) is 16.5 Å². The molecule has 0 fully saturated rings. The first kappa shape index (κ1) is 13.3. The lowest BCUT2D eigenvalue weighted by Crippen LogP contribution is -2.24. The molecule has 4 heteroatoms. The first-order chi connectivity index (χ1) is 10.8. The molecule has 4 rings (SSSR count). The zero-order valence-electron chi connectivity index (χ0n) is 11.8. The fourth-order valence-electron chi connectivity index (χ4n) is 2.75. The maximum Gasteiger partial charge on any atom is 0.238 e. The average molecular weight is 306 g/mol. The monoisotopic (exact) mass is 306 g/mol. The molecule has 0 saturated heterocycles. The van der Waals surface area contributed by atoms with Gasteiger partial charge in [0.2, 0.25) is 5.91 Å². The van der Waals surface area contributed by atoms with Gasteiger partial charge in [0.25, 0.3) is 0 Å². The van der Waals surface area contributed by atoms with Crippen molar-refractivity contribution in [2.75, 3.05) is 5.32 Å². The Hall–Kier alpha value is -2.33. The number of aromatic nitrogens is 1. The highest BCUT2D eigenvalue weighted by Gasteiger charge is 2.28. The number of benzene rings is 2. The Morgan fingerprint density at radius 1 is 1.09 bits per heavy atom. The maximum absolute atomic E-state index is 12.6. The molecule has 0 radical (unpaired) electrons. The van der Waals surface area contributed by atoms with Gasteiger partial charge in [-0.05, 0) is 30.2 Å². The Bertz CT molecular complexity index is 832. The van der Waals surface area contributed by atoms with Crippen LogP contribution in [0, 0.1) is 0 Å². The fourth-order valence-corrected chi connectivity index (χ4v) is 3.94. The summed E-state index contributed by atoms with van der Waals surface area (Å²) in [5.41, 5.74) is 2.86. The summed E-state index contributed by atoms with van der Waals surface area (Å²) in [5, 5.41) is 4.00. The number of carbonyl (C=O) groups is 1. The average Bonchev–Trinajstić information content (AvgIpc) is 2.99. The van der Waals surface area contributed by atoms with Crippen LogP contribution in [0.25, 0.3) is 10.9 Å². The van der Waals surface area contributed by atoms with Gasteiger partial charge in [-0.2, -0.15) is 0 Å². The van der Waals surface area contributed by atoms with Crippen LogP contribution in [0.1, 0.15) is 5.56 Å². The Morgan fingerprint density at radius 3 is 2.86 bits per heavy atom. The van der Waals surface area contributed by atoms with Crippen molar-refractivity contribution >= 4 is 34.3 Å². The summed E-state index contributed by atoms with van der Waals surface area (Å²) in [7, 11) is 0. The fraction of sp³-hybridized carbons (Fsp3) is 0.111. The highest BCUT2D eigenvalue weighted by molar-refractivity contribution is 8.01. The van der Waals surface area contributed by atoms with E-state index in [4.69, 9.17) is 0 Å². The smallest absolute Gasteiger partial charge is 0.238 e. The molecule has 22 heavy (non-hydrogen) atoms. The summed E-state index contributed by atoms with van der Waals surface area (Å²) < 4.78 is 0. The molecule has 2 aromatic carbocycles. The van der Waals surface area contributed by atoms with Crippen LogP contribution in [-0.4, -0.2) is 16.1 Å². The summed E-state index contributed by atoms with van der Waals surface area (Å²) >= 11 is 1.64. The third kappa shape index (κ3) is 2.35. The number of thioether (sulfide) groups is 1. The molecule has 1 amide bonds. The van der Waals surface area contributed by atoms with Crippen LogP contribution in [0.5, 0.6) is 0 Å². The minimum Gasteiger partial charge on any atom is -0.323 e. The zero-order valence-corrected chi connectivity index (χ0v) is 12.6. The summed E-state index contributed by atoms with van der Waals surface area (Å²) in [6.07, 6.45) is 2.53. The van der Waals surface area contributed by atoms with Gasteiger partial charge in [-0.25, -0.2) is 0 Å². The Labute approximate surface area is 132 Å². The molecule has 0 bridgehead atoms. The van der Waals surface area contributed by atoms with Crippen LogP contribution < -0.4 is 5.32 Å². The summed E-state index contributed by atoms with van der Waals surface area (Å²) in [6.45, 7) is 0. The molecule has 0 saturated carbocycles. The van der Waals surface area contributed by atoms with Crippen LogP contribution in [-0.2, 0) is 11.2 Å². The van der Waals surface area contributed by atoms with Gasteiger partial charge < -0.3 is 5.32 Å². The van der Waals surface area contributed by atoms with E-state index in [-0.39, 0.29) is 11.2 Å². The minimum absolute atomic E-state index is 0.0411. The molecular formula is C18H14N2OS. The van der Waals surface area contributed by atoms with E-state index in [0.29, 0.717) is 0 Å². The molecular weight excluding hydrogens is 292 g/mol. The molecule has 0 aliphatic carbocycles. The number of rotatable bonds is 2. The molecule has 1 N–H and O–H groups in total. The Kier molecular flexibility index (Phi) is 3.31. The summed E-state index contributed by atoms with van der Waals surface area (Å²) in [5.74, 6) is 0.0411. The maximum atomic E-state index is 12.6. The van der Waals surface area contributed by atoms with Crippen molar-refractivity contribution in [3.8, 4) is 0 Å². The van der Waals surface area contributed by atoms with Crippen molar-refractivity contribution < 1.29 is 4.79 Å². The number of hydrogen-bond donors (Lipinski definition) is 1. The molecule has 108 valence electrons. The molecule has 3 aromatic rings. The van der Waals surface area contributed by atoms with E-state index in [1.807, 2.05) is 42.5 Å². The highest BCUT2D eigenvalue weighted by Crippen LogP contribution is 2.37. The lowest BCUT2D eigenvalue weighted by molar-refractivity contribution is -0.115. The number of fused-ring (bicyclic) bond motifs is 2. The van der Waals surface area contributed by atoms with Crippen molar-refractivity contribution in [3.05, 3.63) is 66.4 Å². The lowest BCUT2D eigenvalue weighted by atomic mass is 10.1.